The van der Waals surface area contributed by atoms with Crippen LogP contribution < -0.4 is 37.6 Å². The van der Waals surface area contributed by atoms with Crippen LogP contribution in [0.15, 0.2) is 115 Å². The Hall–Kier alpha value is -4.42. The second-order valence-corrected chi connectivity index (χ2v) is 19.4. The molecule has 6 aromatic carbocycles. The van der Waals surface area contributed by atoms with Gasteiger partial charge in [0, 0.05) is 37.5 Å². The number of hydrogen-bond donors (Lipinski definition) is 1. The molecule has 0 aromatic heterocycles. The highest BCUT2D eigenvalue weighted by atomic mass is 31.2. The van der Waals surface area contributed by atoms with Crippen LogP contribution in [0.1, 0.15) is 44.5 Å². The molecule has 0 amide bonds. The van der Waals surface area contributed by atoms with Gasteiger partial charge >= 0.3 is 0 Å². The van der Waals surface area contributed by atoms with E-state index >= 15 is 9.13 Å². The number of nitrogen functional groups attached to an aromatic ring is 1. The third-order valence-electron chi connectivity index (χ3n) is 9.17. The Bertz CT molecular complexity index is 2160. The van der Waals surface area contributed by atoms with Crippen molar-refractivity contribution >= 4 is 51.8 Å². The van der Waals surface area contributed by atoms with Gasteiger partial charge in [-0.05, 0) is 133 Å². The lowest BCUT2D eigenvalue weighted by Crippen LogP contribution is -2.30. The van der Waals surface area contributed by atoms with Crippen LogP contribution in [-0.4, -0.2) is 0 Å². The first-order chi connectivity index (χ1) is 23.2. The van der Waals surface area contributed by atoms with Gasteiger partial charge in [0.15, 0.2) is 14.3 Å². The van der Waals surface area contributed by atoms with Gasteiger partial charge in [-0.3, -0.25) is 0 Å². The molecule has 3 nitrogen and oxygen atoms in total. The Morgan fingerprint density at radius 2 is 0.673 bits per heavy atom. The minimum atomic E-state index is -3.50. The summed E-state index contributed by atoms with van der Waals surface area (Å²) in [6, 6.07) is 38.5. The summed E-state index contributed by atoms with van der Waals surface area (Å²) >= 11 is 0. The van der Waals surface area contributed by atoms with Crippen LogP contribution in [0.3, 0.4) is 0 Å². The molecule has 6 aromatic rings. The van der Waals surface area contributed by atoms with E-state index in [4.69, 9.17) is 5.73 Å². The van der Waals surface area contributed by atoms with E-state index in [1.54, 1.807) is 0 Å². The van der Waals surface area contributed by atoms with Gasteiger partial charge in [0.05, 0.1) is 0 Å². The monoisotopic (exact) mass is 681 g/mol. The standard InChI is InChI=1S/C44H45NO2P2/c1-28-15-29(2)20-37(19-28)48(46,38-21-30(3)16-31(4)22-38)43-12-10-9-11-41(43)42-27-36(45)13-14-44(42)49(47,39-23-32(5)17-33(6)24-39)40-25-34(7)18-35(8)26-40/h9-27H,45H2,1-8H3. The molecule has 0 aliphatic heterocycles. The predicted octanol–water partition coefficient (Wildman–Crippen LogP) is 8.68. The maximum Gasteiger partial charge on any atom is 0.171 e. The van der Waals surface area contributed by atoms with Crippen LogP contribution in [0.5, 0.6) is 0 Å². The summed E-state index contributed by atoms with van der Waals surface area (Å²) in [5.41, 5.74) is 17.0. The molecule has 6 rings (SSSR count). The quantitative estimate of drug-likeness (QED) is 0.136. The normalized spacial score (nSPS) is 11.9. The van der Waals surface area contributed by atoms with Crippen molar-refractivity contribution in [2.45, 2.75) is 55.4 Å². The lowest BCUT2D eigenvalue weighted by molar-refractivity contribution is 0.591. The summed E-state index contributed by atoms with van der Waals surface area (Å²) in [7, 11) is -6.98. The van der Waals surface area contributed by atoms with Crippen LogP contribution in [0.2, 0.25) is 0 Å². The first-order valence-corrected chi connectivity index (χ1v) is 20.2. The van der Waals surface area contributed by atoms with Crippen molar-refractivity contribution in [3.63, 3.8) is 0 Å². The summed E-state index contributed by atoms with van der Waals surface area (Å²) in [5, 5.41) is 4.47. The lowest BCUT2D eigenvalue weighted by Gasteiger charge is -2.28. The zero-order chi connectivity index (χ0) is 35.2. The first-order valence-electron chi connectivity index (χ1n) is 16.7. The third-order valence-corrected chi connectivity index (χ3v) is 15.3. The second kappa shape index (κ2) is 13.1. The van der Waals surface area contributed by atoms with Gasteiger partial charge in [0.25, 0.3) is 0 Å². The van der Waals surface area contributed by atoms with E-state index in [0.29, 0.717) is 16.3 Å². The smallest absolute Gasteiger partial charge is 0.171 e. The topological polar surface area (TPSA) is 60.2 Å². The van der Waals surface area contributed by atoms with E-state index in [1.807, 2.05) is 122 Å². The Morgan fingerprint density at radius 1 is 0.367 bits per heavy atom. The Morgan fingerprint density at radius 3 is 1.02 bits per heavy atom. The first kappa shape index (κ1) is 34.4. The molecule has 0 heterocycles. The van der Waals surface area contributed by atoms with Gasteiger partial charge in [0.2, 0.25) is 0 Å². The summed E-state index contributed by atoms with van der Waals surface area (Å²) < 4.78 is 32.6. The van der Waals surface area contributed by atoms with Crippen LogP contribution in [0.4, 0.5) is 5.69 Å². The molecule has 0 fully saturated rings. The highest BCUT2D eigenvalue weighted by molar-refractivity contribution is 7.86. The lowest BCUT2D eigenvalue weighted by atomic mass is 10.0. The van der Waals surface area contributed by atoms with Crippen LogP contribution in [0.25, 0.3) is 11.1 Å². The molecule has 0 aliphatic carbocycles. The summed E-state index contributed by atoms with van der Waals surface area (Å²) in [5.74, 6) is 0. The number of hydrogen-bond acceptors (Lipinski definition) is 3. The van der Waals surface area contributed by atoms with Crippen molar-refractivity contribution in [1.82, 2.24) is 0 Å². The fourth-order valence-corrected chi connectivity index (χ4v) is 13.8. The Kier molecular flexibility index (Phi) is 9.23. The van der Waals surface area contributed by atoms with Crippen molar-refractivity contribution < 1.29 is 9.13 Å². The maximum atomic E-state index is 16.3. The van der Waals surface area contributed by atoms with E-state index in [0.717, 1.165) is 76.9 Å². The molecule has 0 spiro atoms. The van der Waals surface area contributed by atoms with Crippen molar-refractivity contribution in [3.8, 4) is 11.1 Å². The number of anilines is 1. The van der Waals surface area contributed by atoms with Gasteiger partial charge in [-0.25, -0.2) is 0 Å². The third kappa shape index (κ3) is 6.51. The van der Waals surface area contributed by atoms with Crippen molar-refractivity contribution in [3.05, 3.63) is 160 Å². The molecule has 2 N–H and O–H groups in total. The van der Waals surface area contributed by atoms with Gasteiger partial charge < -0.3 is 14.9 Å². The van der Waals surface area contributed by atoms with Crippen LogP contribution in [0, 0.1) is 55.4 Å². The summed E-state index contributed by atoms with van der Waals surface area (Å²) in [6.45, 7) is 16.4. The second-order valence-electron chi connectivity index (χ2n) is 13.9. The SMILES string of the molecule is Cc1cc(C)cc(P(=O)(c2cc(C)cc(C)c2)c2ccccc2-c2cc(N)ccc2P(=O)(c2cc(C)cc(C)c2)c2cc(C)cc(C)c2)c1. The fourth-order valence-electron chi connectivity index (χ4n) is 7.40. The highest BCUT2D eigenvalue weighted by Crippen LogP contribution is 2.50. The average Bonchev–Trinajstić information content (AvgIpc) is 3.02. The number of aryl methyl sites for hydroxylation is 8. The van der Waals surface area contributed by atoms with E-state index in [-0.39, 0.29) is 0 Å². The van der Waals surface area contributed by atoms with Gasteiger partial charge in [-0.1, -0.05) is 93.0 Å². The highest BCUT2D eigenvalue weighted by Gasteiger charge is 2.37. The molecule has 0 atom stereocenters. The number of rotatable bonds is 7. The van der Waals surface area contributed by atoms with Crippen LogP contribution in [-0.2, 0) is 9.13 Å². The summed E-state index contributed by atoms with van der Waals surface area (Å²) in [6.07, 6.45) is 0. The molecular weight excluding hydrogens is 636 g/mol. The number of nitrogens with two attached hydrogens (primary N) is 1. The molecule has 49 heavy (non-hydrogen) atoms. The predicted molar refractivity (Wildman–Crippen MR) is 213 cm³/mol. The van der Waals surface area contributed by atoms with Crippen molar-refractivity contribution in [2.75, 3.05) is 5.73 Å². The Balaban J connectivity index is 1.75. The molecular formula is C44H45NO2P2. The zero-order valence-corrected chi connectivity index (χ0v) is 31.5. The van der Waals surface area contributed by atoms with Crippen LogP contribution >= 0.6 is 14.3 Å². The van der Waals surface area contributed by atoms with E-state index < -0.39 is 14.3 Å². The molecule has 248 valence electrons. The molecule has 0 aliphatic rings. The van der Waals surface area contributed by atoms with Crippen molar-refractivity contribution in [2.24, 2.45) is 0 Å². The number of benzene rings is 6. The molecule has 0 saturated heterocycles. The molecule has 0 bridgehead atoms. The van der Waals surface area contributed by atoms with Gasteiger partial charge in [0.1, 0.15) is 0 Å². The molecule has 0 saturated carbocycles. The van der Waals surface area contributed by atoms with E-state index in [1.165, 1.54) is 0 Å². The molecule has 5 heteroatoms. The minimum Gasteiger partial charge on any atom is -0.399 e. The molecule has 0 radical (unpaired) electrons. The van der Waals surface area contributed by atoms with E-state index in [2.05, 4.69) is 48.5 Å². The van der Waals surface area contributed by atoms with Gasteiger partial charge in [-0.2, -0.15) is 0 Å². The Labute approximate surface area is 292 Å². The fraction of sp³-hybridized carbons (Fsp3) is 0.182. The van der Waals surface area contributed by atoms with Crippen molar-refractivity contribution in [1.29, 1.82) is 0 Å². The minimum absolute atomic E-state index is 0.550. The largest absolute Gasteiger partial charge is 0.399 e. The zero-order valence-electron chi connectivity index (χ0n) is 29.8. The van der Waals surface area contributed by atoms with E-state index in [9.17, 15) is 0 Å². The summed E-state index contributed by atoms with van der Waals surface area (Å²) in [4.78, 5) is 0. The average molecular weight is 682 g/mol. The maximum absolute atomic E-state index is 16.3. The van der Waals surface area contributed by atoms with Gasteiger partial charge in [-0.15, -0.1) is 0 Å². The molecule has 0 unspecified atom stereocenters.